The Morgan fingerprint density at radius 3 is 2.28 bits per heavy atom. The molecule has 0 atom stereocenters. The standard InChI is InChI=1S/C25H31NO3/c1-4-29-24-15-13-23(14-16-24)22-11-7-20(8-12-22)17-19-5-9-21(10-6-19)18(2)26-25(27)28-3/h5-6,9-10,13-16,20,22H,2,4,7-8,11-12,17H2,1,3H3,(H,26,27). The molecule has 0 bridgehead atoms. The number of methoxy groups -OCH3 is 1. The summed E-state index contributed by atoms with van der Waals surface area (Å²) in [5, 5.41) is 2.61. The predicted octanol–water partition coefficient (Wildman–Crippen LogP) is 5.93. The van der Waals surface area contributed by atoms with Crippen LogP contribution in [0.3, 0.4) is 0 Å². The fraction of sp³-hybridized carbons (Fsp3) is 0.400. The van der Waals surface area contributed by atoms with E-state index >= 15 is 0 Å². The first-order valence-corrected chi connectivity index (χ1v) is 10.4. The maximum absolute atomic E-state index is 11.3. The van der Waals surface area contributed by atoms with E-state index in [2.05, 4.69) is 53.0 Å². The van der Waals surface area contributed by atoms with Crippen molar-refractivity contribution in [2.45, 2.75) is 44.9 Å². The van der Waals surface area contributed by atoms with Gasteiger partial charge in [0.2, 0.25) is 0 Å². The lowest BCUT2D eigenvalue weighted by Gasteiger charge is -2.29. The summed E-state index contributed by atoms with van der Waals surface area (Å²) in [6, 6.07) is 16.9. The second kappa shape index (κ2) is 10.1. The minimum Gasteiger partial charge on any atom is -0.494 e. The molecule has 3 rings (SSSR count). The maximum Gasteiger partial charge on any atom is 0.411 e. The summed E-state index contributed by atoms with van der Waals surface area (Å²) in [4.78, 5) is 11.3. The molecule has 29 heavy (non-hydrogen) atoms. The smallest absolute Gasteiger partial charge is 0.411 e. The van der Waals surface area contributed by atoms with Crippen molar-refractivity contribution >= 4 is 11.8 Å². The molecule has 2 aromatic carbocycles. The molecule has 1 aliphatic rings. The average Bonchev–Trinajstić information content (AvgIpc) is 2.75. The number of hydrogen-bond acceptors (Lipinski definition) is 3. The fourth-order valence-corrected chi connectivity index (χ4v) is 4.12. The quantitative estimate of drug-likeness (QED) is 0.634. The molecule has 0 aliphatic heterocycles. The topological polar surface area (TPSA) is 47.6 Å². The Balaban J connectivity index is 1.49. The molecular formula is C25H31NO3. The van der Waals surface area contributed by atoms with E-state index in [1.165, 1.54) is 43.9 Å². The predicted molar refractivity (Wildman–Crippen MR) is 117 cm³/mol. The lowest BCUT2D eigenvalue weighted by molar-refractivity contribution is 0.176. The van der Waals surface area contributed by atoms with Gasteiger partial charge in [-0.2, -0.15) is 0 Å². The van der Waals surface area contributed by atoms with Gasteiger partial charge in [0.1, 0.15) is 5.75 Å². The normalized spacial score (nSPS) is 18.7. The number of amides is 1. The highest BCUT2D eigenvalue weighted by Gasteiger charge is 2.22. The van der Waals surface area contributed by atoms with Gasteiger partial charge in [0.05, 0.1) is 13.7 Å². The number of carbonyl (C=O) groups excluding carboxylic acids is 1. The summed E-state index contributed by atoms with van der Waals surface area (Å²) in [5.74, 6) is 2.35. The van der Waals surface area contributed by atoms with E-state index < -0.39 is 6.09 Å². The zero-order chi connectivity index (χ0) is 20.6. The van der Waals surface area contributed by atoms with Crippen molar-refractivity contribution in [3.8, 4) is 5.75 Å². The van der Waals surface area contributed by atoms with Crippen LogP contribution in [0.2, 0.25) is 0 Å². The highest BCUT2D eigenvalue weighted by atomic mass is 16.5. The molecule has 1 aliphatic carbocycles. The number of alkyl carbamates (subject to hydrolysis) is 1. The van der Waals surface area contributed by atoms with Crippen LogP contribution in [0.25, 0.3) is 5.70 Å². The Hall–Kier alpha value is -2.75. The number of nitrogens with one attached hydrogen (secondary N) is 1. The SMILES string of the molecule is C=C(NC(=O)OC)c1ccc(CC2CCC(c3ccc(OCC)cc3)CC2)cc1. The van der Waals surface area contributed by atoms with Gasteiger partial charge in [0, 0.05) is 5.70 Å². The van der Waals surface area contributed by atoms with Crippen molar-refractivity contribution in [1.82, 2.24) is 5.32 Å². The van der Waals surface area contributed by atoms with Gasteiger partial charge in [-0.15, -0.1) is 0 Å². The van der Waals surface area contributed by atoms with Gasteiger partial charge < -0.3 is 9.47 Å². The van der Waals surface area contributed by atoms with E-state index in [-0.39, 0.29) is 0 Å². The summed E-state index contributed by atoms with van der Waals surface area (Å²) in [6.45, 7) is 6.61. The number of ether oxygens (including phenoxy) is 2. The molecule has 4 nitrogen and oxygen atoms in total. The Labute approximate surface area is 173 Å². The summed E-state index contributed by atoms with van der Waals surface area (Å²) < 4.78 is 10.2. The van der Waals surface area contributed by atoms with Crippen molar-refractivity contribution in [3.05, 3.63) is 71.8 Å². The second-order valence-corrected chi connectivity index (χ2v) is 7.72. The third kappa shape index (κ3) is 5.86. The zero-order valence-corrected chi connectivity index (χ0v) is 17.4. The summed E-state index contributed by atoms with van der Waals surface area (Å²) in [5.41, 5.74) is 4.23. The molecule has 0 saturated heterocycles. The molecule has 4 heteroatoms. The minimum atomic E-state index is -0.497. The number of rotatable bonds is 7. The number of benzene rings is 2. The first kappa shape index (κ1) is 21.0. The molecule has 1 saturated carbocycles. The van der Waals surface area contributed by atoms with E-state index in [0.717, 1.165) is 23.7 Å². The molecule has 1 fully saturated rings. The average molecular weight is 394 g/mol. The molecule has 0 unspecified atom stereocenters. The van der Waals surface area contributed by atoms with E-state index in [1.807, 2.05) is 19.1 Å². The van der Waals surface area contributed by atoms with Gasteiger partial charge in [-0.05, 0) is 79.7 Å². The Bertz CT molecular complexity index is 803. The first-order valence-electron chi connectivity index (χ1n) is 10.4. The molecule has 1 N–H and O–H groups in total. The first-order chi connectivity index (χ1) is 14.1. The lowest BCUT2D eigenvalue weighted by atomic mass is 9.76. The van der Waals surface area contributed by atoms with Crippen LogP contribution >= 0.6 is 0 Å². The molecule has 0 spiro atoms. The highest BCUT2D eigenvalue weighted by Crippen LogP contribution is 2.37. The number of carbonyl (C=O) groups is 1. The highest BCUT2D eigenvalue weighted by molar-refractivity contribution is 5.80. The number of hydrogen-bond donors (Lipinski definition) is 1. The minimum absolute atomic E-state index is 0.497. The van der Waals surface area contributed by atoms with Crippen LogP contribution in [0.5, 0.6) is 5.75 Å². The van der Waals surface area contributed by atoms with Gasteiger partial charge >= 0.3 is 6.09 Å². The van der Waals surface area contributed by atoms with Crippen LogP contribution in [0, 0.1) is 5.92 Å². The van der Waals surface area contributed by atoms with Crippen LogP contribution in [-0.4, -0.2) is 19.8 Å². The molecular weight excluding hydrogens is 362 g/mol. The molecule has 154 valence electrons. The Kier molecular flexibility index (Phi) is 7.34. The van der Waals surface area contributed by atoms with E-state index in [4.69, 9.17) is 4.74 Å². The van der Waals surface area contributed by atoms with Crippen molar-refractivity contribution in [2.75, 3.05) is 13.7 Å². The van der Waals surface area contributed by atoms with E-state index in [1.54, 1.807) is 0 Å². The van der Waals surface area contributed by atoms with E-state index in [9.17, 15) is 4.79 Å². The summed E-state index contributed by atoms with van der Waals surface area (Å²) in [6.07, 6.45) is 5.62. The molecule has 1 amide bonds. The maximum atomic E-state index is 11.3. The molecule has 0 radical (unpaired) electrons. The van der Waals surface area contributed by atoms with Crippen molar-refractivity contribution in [2.24, 2.45) is 5.92 Å². The fourth-order valence-electron chi connectivity index (χ4n) is 4.12. The molecule has 2 aromatic rings. The summed E-state index contributed by atoms with van der Waals surface area (Å²) in [7, 11) is 1.34. The third-order valence-corrected chi connectivity index (χ3v) is 5.77. The van der Waals surface area contributed by atoms with Crippen molar-refractivity contribution < 1.29 is 14.3 Å². The van der Waals surface area contributed by atoms with Gasteiger partial charge in [-0.3, -0.25) is 5.32 Å². The molecule has 0 aromatic heterocycles. The molecule has 0 heterocycles. The largest absolute Gasteiger partial charge is 0.494 e. The monoisotopic (exact) mass is 393 g/mol. The third-order valence-electron chi connectivity index (χ3n) is 5.77. The lowest BCUT2D eigenvalue weighted by Crippen LogP contribution is -2.20. The van der Waals surface area contributed by atoms with Gasteiger partial charge in [-0.1, -0.05) is 43.0 Å². The van der Waals surface area contributed by atoms with Gasteiger partial charge in [-0.25, -0.2) is 4.79 Å². The van der Waals surface area contributed by atoms with E-state index in [0.29, 0.717) is 18.2 Å². The second-order valence-electron chi connectivity index (χ2n) is 7.72. The zero-order valence-electron chi connectivity index (χ0n) is 17.4. The van der Waals surface area contributed by atoms with Crippen molar-refractivity contribution in [1.29, 1.82) is 0 Å². The van der Waals surface area contributed by atoms with Crippen LogP contribution in [0.1, 0.15) is 55.2 Å². The van der Waals surface area contributed by atoms with Gasteiger partial charge in [0.25, 0.3) is 0 Å². The van der Waals surface area contributed by atoms with Crippen LogP contribution < -0.4 is 10.1 Å². The van der Waals surface area contributed by atoms with Gasteiger partial charge in [0.15, 0.2) is 0 Å². The van der Waals surface area contributed by atoms with Crippen LogP contribution in [-0.2, 0) is 11.2 Å². The van der Waals surface area contributed by atoms with Crippen molar-refractivity contribution in [3.63, 3.8) is 0 Å². The van der Waals surface area contributed by atoms with Crippen LogP contribution in [0.15, 0.2) is 55.1 Å². The Morgan fingerprint density at radius 2 is 1.69 bits per heavy atom. The van der Waals surface area contributed by atoms with Crippen LogP contribution in [0.4, 0.5) is 4.79 Å². The Morgan fingerprint density at radius 1 is 1.03 bits per heavy atom. The summed E-state index contributed by atoms with van der Waals surface area (Å²) >= 11 is 0.